The van der Waals surface area contributed by atoms with Crippen molar-refractivity contribution in [2.75, 3.05) is 4.72 Å². The Kier molecular flexibility index (Phi) is 4.59. The molecule has 25 heavy (non-hydrogen) atoms. The van der Waals surface area contributed by atoms with Crippen LogP contribution in [-0.4, -0.2) is 29.5 Å². The van der Waals surface area contributed by atoms with Crippen molar-refractivity contribution in [3.8, 4) is 0 Å². The number of hydrogen-bond acceptors (Lipinski definition) is 6. The molecule has 0 aliphatic heterocycles. The van der Waals surface area contributed by atoms with Gasteiger partial charge < -0.3 is 0 Å². The van der Waals surface area contributed by atoms with E-state index in [4.69, 9.17) is 5.21 Å². The van der Waals surface area contributed by atoms with Crippen LogP contribution in [0.3, 0.4) is 0 Å². The van der Waals surface area contributed by atoms with E-state index in [2.05, 4.69) is 14.7 Å². The number of sulfonamides is 1. The Morgan fingerprint density at radius 3 is 2.68 bits per heavy atom. The minimum Gasteiger partial charge on any atom is -0.288 e. The Morgan fingerprint density at radius 1 is 1.08 bits per heavy atom. The van der Waals surface area contributed by atoms with E-state index < -0.39 is 15.9 Å². The van der Waals surface area contributed by atoms with Gasteiger partial charge in [-0.1, -0.05) is 24.3 Å². The maximum atomic E-state index is 12.5. The highest BCUT2D eigenvalue weighted by molar-refractivity contribution is 7.91. The number of hydroxylamine groups is 1. The third-order valence-corrected chi connectivity index (χ3v) is 4.67. The third-order valence-electron chi connectivity index (χ3n) is 3.43. The first-order valence-electron chi connectivity index (χ1n) is 7.22. The second kappa shape index (κ2) is 6.83. The molecule has 3 N–H and O–H groups in total. The molecule has 9 heteroatoms. The zero-order chi connectivity index (χ0) is 17.9. The van der Waals surface area contributed by atoms with Gasteiger partial charge in [0, 0.05) is 17.8 Å². The van der Waals surface area contributed by atoms with Crippen LogP contribution in [0, 0.1) is 0 Å². The van der Waals surface area contributed by atoms with Gasteiger partial charge in [0.2, 0.25) is 10.0 Å². The maximum absolute atomic E-state index is 12.5. The summed E-state index contributed by atoms with van der Waals surface area (Å²) in [6.07, 6.45) is 2.87. The zero-order valence-electron chi connectivity index (χ0n) is 12.9. The van der Waals surface area contributed by atoms with Crippen molar-refractivity contribution in [3.63, 3.8) is 0 Å². The fraction of sp³-hybridized carbons (Fsp3) is 0.0625. The molecule has 0 saturated carbocycles. The second-order valence-electron chi connectivity index (χ2n) is 5.22. The lowest BCUT2D eigenvalue weighted by Gasteiger charge is -2.10. The van der Waals surface area contributed by atoms with Crippen LogP contribution < -0.4 is 10.2 Å². The predicted molar refractivity (Wildman–Crippen MR) is 91.5 cm³/mol. The smallest absolute Gasteiger partial charge is 0.288 e. The molecule has 0 spiro atoms. The summed E-state index contributed by atoms with van der Waals surface area (Å²) in [4.78, 5) is 19.3. The molecule has 0 bridgehead atoms. The van der Waals surface area contributed by atoms with E-state index in [1.165, 1.54) is 23.8 Å². The summed E-state index contributed by atoms with van der Waals surface area (Å²) in [5, 5.41) is 9.47. The Labute approximate surface area is 143 Å². The Bertz CT molecular complexity index is 1030. The lowest BCUT2D eigenvalue weighted by atomic mass is 10.1. The van der Waals surface area contributed by atoms with Crippen molar-refractivity contribution in [1.29, 1.82) is 0 Å². The number of para-hydroxylation sites is 1. The van der Waals surface area contributed by atoms with E-state index in [9.17, 15) is 13.2 Å². The summed E-state index contributed by atoms with van der Waals surface area (Å²) in [7, 11) is -3.74. The van der Waals surface area contributed by atoms with E-state index in [0.717, 1.165) is 5.39 Å². The maximum Gasteiger partial charge on any atom is 0.293 e. The summed E-state index contributed by atoms with van der Waals surface area (Å²) in [6, 6.07) is 11.6. The van der Waals surface area contributed by atoms with E-state index in [-0.39, 0.29) is 17.1 Å². The predicted octanol–water partition coefficient (Wildman–Crippen LogP) is 1.69. The molecule has 0 atom stereocenters. The van der Waals surface area contributed by atoms with E-state index in [0.29, 0.717) is 11.1 Å². The van der Waals surface area contributed by atoms with E-state index in [1.807, 2.05) is 12.1 Å². The number of anilines is 1. The van der Waals surface area contributed by atoms with Gasteiger partial charge in [-0.25, -0.2) is 13.9 Å². The minimum atomic E-state index is -3.74. The van der Waals surface area contributed by atoms with Crippen molar-refractivity contribution in [1.82, 2.24) is 15.4 Å². The molecule has 8 nitrogen and oxygen atoms in total. The highest BCUT2D eigenvalue weighted by atomic mass is 32.2. The number of amides is 1. The molecule has 3 aromatic rings. The number of hydrogen-bond donors (Lipinski definition) is 3. The van der Waals surface area contributed by atoms with Crippen molar-refractivity contribution in [3.05, 3.63) is 66.1 Å². The fourth-order valence-electron chi connectivity index (χ4n) is 2.38. The Hall–Kier alpha value is -3.04. The average molecular weight is 358 g/mol. The standard InChI is InChI=1S/C16H14N4O4S/c21-16(19-22)14-9-13(6-8-17-14)20-25(23,24)10-12-4-1-3-11-5-2-7-18-15(11)12/h1-9,22H,10H2,(H,17,20)(H,19,21). The molecule has 1 aromatic carbocycles. The van der Waals surface area contributed by atoms with Gasteiger partial charge in [-0.05, 0) is 23.8 Å². The van der Waals surface area contributed by atoms with Gasteiger partial charge in [0.25, 0.3) is 5.91 Å². The Balaban J connectivity index is 1.86. The summed E-state index contributed by atoms with van der Waals surface area (Å²) in [5.74, 6) is -1.11. The molecular formula is C16H14N4O4S. The van der Waals surface area contributed by atoms with Gasteiger partial charge in [0.15, 0.2) is 0 Å². The lowest BCUT2D eigenvalue weighted by Crippen LogP contribution is -2.21. The number of nitrogens with zero attached hydrogens (tertiary/aromatic N) is 2. The monoisotopic (exact) mass is 358 g/mol. The normalized spacial score (nSPS) is 11.2. The molecule has 1 amide bonds. The minimum absolute atomic E-state index is 0.116. The largest absolute Gasteiger partial charge is 0.293 e. The van der Waals surface area contributed by atoms with Gasteiger partial charge in [-0.2, -0.15) is 0 Å². The van der Waals surface area contributed by atoms with E-state index >= 15 is 0 Å². The van der Waals surface area contributed by atoms with Gasteiger partial charge >= 0.3 is 0 Å². The molecule has 0 aliphatic carbocycles. The van der Waals surface area contributed by atoms with Crippen LogP contribution in [0.1, 0.15) is 16.1 Å². The van der Waals surface area contributed by atoms with Crippen LogP contribution in [0.15, 0.2) is 54.9 Å². The summed E-state index contributed by atoms with van der Waals surface area (Å²) >= 11 is 0. The van der Waals surface area contributed by atoms with E-state index in [1.54, 1.807) is 24.4 Å². The first kappa shape index (κ1) is 16.8. The molecule has 2 aromatic heterocycles. The van der Waals surface area contributed by atoms with Crippen LogP contribution in [0.2, 0.25) is 0 Å². The van der Waals surface area contributed by atoms with Crippen molar-refractivity contribution < 1.29 is 18.4 Å². The van der Waals surface area contributed by atoms with Crippen LogP contribution in [0.4, 0.5) is 5.69 Å². The van der Waals surface area contributed by atoms with Crippen LogP contribution in [-0.2, 0) is 15.8 Å². The van der Waals surface area contributed by atoms with Crippen LogP contribution >= 0.6 is 0 Å². The van der Waals surface area contributed by atoms with Crippen molar-refractivity contribution in [2.45, 2.75) is 5.75 Å². The van der Waals surface area contributed by atoms with Gasteiger partial charge in [0.05, 0.1) is 17.0 Å². The number of pyridine rings is 2. The van der Waals surface area contributed by atoms with Crippen LogP contribution in [0.25, 0.3) is 10.9 Å². The number of aromatic nitrogens is 2. The fourth-order valence-corrected chi connectivity index (χ4v) is 3.58. The number of nitrogens with one attached hydrogen (secondary N) is 2. The summed E-state index contributed by atoms with van der Waals surface area (Å²) < 4.78 is 27.3. The molecule has 0 fully saturated rings. The number of fused-ring (bicyclic) bond motifs is 1. The SMILES string of the molecule is O=C(NO)c1cc(NS(=O)(=O)Cc2cccc3cccnc23)ccn1. The number of carbonyl (C=O) groups excluding carboxylic acids is 1. The number of carbonyl (C=O) groups is 1. The highest BCUT2D eigenvalue weighted by Gasteiger charge is 2.15. The molecule has 0 saturated heterocycles. The molecular weight excluding hydrogens is 344 g/mol. The number of rotatable bonds is 5. The summed E-state index contributed by atoms with van der Waals surface area (Å²) in [6.45, 7) is 0. The Morgan fingerprint density at radius 2 is 1.88 bits per heavy atom. The molecule has 3 rings (SSSR count). The zero-order valence-corrected chi connectivity index (χ0v) is 13.7. The van der Waals surface area contributed by atoms with Gasteiger partial charge in [-0.3, -0.25) is 24.7 Å². The average Bonchev–Trinajstić information content (AvgIpc) is 2.61. The molecule has 0 radical (unpaired) electrons. The van der Waals surface area contributed by atoms with Crippen molar-refractivity contribution in [2.24, 2.45) is 0 Å². The molecule has 0 unspecified atom stereocenters. The highest BCUT2D eigenvalue weighted by Crippen LogP contribution is 2.19. The molecule has 128 valence electrons. The van der Waals surface area contributed by atoms with Crippen molar-refractivity contribution >= 4 is 32.5 Å². The van der Waals surface area contributed by atoms with Crippen LogP contribution in [0.5, 0.6) is 0 Å². The lowest BCUT2D eigenvalue weighted by molar-refractivity contribution is 0.0701. The molecule has 0 aliphatic rings. The van der Waals surface area contributed by atoms with Gasteiger partial charge in [0.1, 0.15) is 5.69 Å². The first-order chi connectivity index (χ1) is 12.0. The van der Waals surface area contributed by atoms with Gasteiger partial charge in [-0.15, -0.1) is 0 Å². The third kappa shape index (κ3) is 3.90. The quantitative estimate of drug-likeness (QED) is 0.471. The summed E-state index contributed by atoms with van der Waals surface area (Å²) in [5.41, 5.74) is 2.68. The second-order valence-corrected chi connectivity index (χ2v) is 6.95. The molecule has 2 heterocycles. The first-order valence-corrected chi connectivity index (χ1v) is 8.87. The topological polar surface area (TPSA) is 121 Å². The number of benzene rings is 1.